The molecule has 0 aromatic heterocycles. The molecule has 0 N–H and O–H groups in total. The first-order chi connectivity index (χ1) is 14.8. The van der Waals surface area contributed by atoms with Gasteiger partial charge in [-0.2, -0.15) is 0 Å². The van der Waals surface area contributed by atoms with Crippen LogP contribution in [0.1, 0.15) is 113 Å². The molecule has 7 unspecified atom stereocenters. The fourth-order valence-electron chi connectivity index (χ4n) is 9.74. The third kappa shape index (κ3) is 3.26. The SMILES string of the molecule is C=C(CCC(=C)C1CCC2(C)C3CCC4C(C)(C)C(=O)CCC4(C)C3CCC12C)C(C)C. The molecular weight excluding hydrogens is 388 g/mol. The molecule has 4 saturated carbocycles. The second kappa shape index (κ2) is 7.84. The zero-order valence-electron chi connectivity index (χ0n) is 22.3. The van der Waals surface area contributed by atoms with Gasteiger partial charge in [-0.1, -0.05) is 72.8 Å². The number of hydrogen-bond donors (Lipinski definition) is 0. The van der Waals surface area contributed by atoms with E-state index in [2.05, 4.69) is 61.6 Å². The van der Waals surface area contributed by atoms with Gasteiger partial charge in [0.1, 0.15) is 5.78 Å². The minimum absolute atomic E-state index is 0.134. The number of ketones is 1. The van der Waals surface area contributed by atoms with Crippen LogP contribution < -0.4 is 0 Å². The highest BCUT2D eigenvalue weighted by Gasteiger charge is 2.67. The minimum Gasteiger partial charge on any atom is -0.299 e. The van der Waals surface area contributed by atoms with Crippen LogP contribution in [0.4, 0.5) is 0 Å². The first-order valence-corrected chi connectivity index (χ1v) is 13.7. The largest absolute Gasteiger partial charge is 0.299 e. The van der Waals surface area contributed by atoms with Gasteiger partial charge < -0.3 is 0 Å². The summed E-state index contributed by atoms with van der Waals surface area (Å²) >= 11 is 0. The van der Waals surface area contributed by atoms with Gasteiger partial charge in [0.05, 0.1) is 0 Å². The normalized spacial score (nSPS) is 45.2. The Balaban J connectivity index is 1.57. The predicted octanol–water partition coefficient (Wildman–Crippen LogP) is 8.79. The maximum Gasteiger partial charge on any atom is 0.138 e. The average Bonchev–Trinajstić information content (AvgIpc) is 3.00. The number of fused-ring (bicyclic) bond motifs is 5. The first kappa shape index (κ1) is 24.3. The Morgan fingerprint density at radius 3 is 2.19 bits per heavy atom. The zero-order chi connectivity index (χ0) is 23.7. The molecule has 1 heteroatoms. The molecule has 0 aliphatic heterocycles. The lowest BCUT2D eigenvalue weighted by Crippen LogP contribution is -2.60. The fraction of sp³-hybridized carbons (Fsp3) is 0.839. The lowest BCUT2D eigenvalue weighted by atomic mass is 9.38. The number of hydrogen-bond acceptors (Lipinski definition) is 1. The van der Waals surface area contributed by atoms with Gasteiger partial charge in [0.25, 0.3) is 0 Å². The fourth-order valence-corrected chi connectivity index (χ4v) is 9.74. The molecule has 4 rings (SSSR count). The maximum absolute atomic E-state index is 12.8. The highest BCUT2D eigenvalue weighted by Crippen LogP contribution is 2.74. The molecule has 4 aliphatic carbocycles. The first-order valence-electron chi connectivity index (χ1n) is 13.7. The smallest absolute Gasteiger partial charge is 0.138 e. The summed E-state index contributed by atoms with van der Waals surface area (Å²) in [6.45, 7) is 25.9. The molecule has 0 heterocycles. The molecule has 0 aromatic rings. The summed E-state index contributed by atoms with van der Waals surface area (Å²) in [5, 5.41) is 0. The summed E-state index contributed by atoms with van der Waals surface area (Å²) in [6.07, 6.45) is 12.1. The van der Waals surface area contributed by atoms with Gasteiger partial charge in [-0.05, 0) is 104 Å². The molecule has 180 valence electrons. The van der Waals surface area contributed by atoms with E-state index >= 15 is 0 Å². The van der Waals surface area contributed by atoms with Crippen LogP contribution in [-0.4, -0.2) is 5.78 Å². The van der Waals surface area contributed by atoms with E-state index in [0.717, 1.165) is 37.5 Å². The lowest BCUT2D eigenvalue weighted by Gasteiger charge is -2.66. The Kier molecular flexibility index (Phi) is 5.95. The third-order valence-corrected chi connectivity index (χ3v) is 12.3. The van der Waals surface area contributed by atoms with E-state index in [-0.39, 0.29) is 5.41 Å². The maximum atomic E-state index is 12.8. The average molecular weight is 439 g/mol. The Morgan fingerprint density at radius 2 is 1.53 bits per heavy atom. The van der Waals surface area contributed by atoms with Crippen molar-refractivity contribution in [3.05, 3.63) is 24.3 Å². The van der Waals surface area contributed by atoms with E-state index in [1.807, 2.05) is 0 Å². The van der Waals surface area contributed by atoms with Gasteiger partial charge in [-0.3, -0.25) is 4.79 Å². The molecular formula is C31H50O. The van der Waals surface area contributed by atoms with Gasteiger partial charge >= 0.3 is 0 Å². The van der Waals surface area contributed by atoms with Crippen molar-refractivity contribution in [3.8, 4) is 0 Å². The number of carbonyl (C=O) groups is 1. The van der Waals surface area contributed by atoms with Crippen LogP contribution in [0, 0.1) is 51.2 Å². The summed E-state index contributed by atoms with van der Waals surface area (Å²) in [5.74, 6) is 3.94. The van der Waals surface area contributed by atoms with Crippen LogP contribution in [-0.2, 0) is 4.79 Å². The van der Waals surface area contributed by atoms with E-state index in [4.69, 9.17) is 0 Å². The topological polar surface area (TPSA) is 17.1 Å². The number of Topliss-reactive ketones (excluding diaryl/α,β-unsaturated/α-hetero) is 1. The predicted molar refractivity (Wildman–Crippen MR) is 136 cm³/mol. The van der Waals surface area contributed by atoms with E-state index < -0.39 is 0 Å². The number of carbonyl (C=O) groups excluding carboxylic acids is 1. The van der Waals surface area contributed by atoms with Crippen molar-refractivity contribution in [2.24, 2.45) is 51.2 Å². The summed E-state index contributed by atoms with van der Waals surface area (Å²) in [7, 11) is 0. The molecule has 4 fully saturated rings. The van der Waals surface area contributed by atoms with E-state index in [1.165, 1.54) is 49.7 Å². The van der Waals surface area contributed by atoms with Gasteiger partial charge in [0.15, 0.2) is 0 Å². The van der Waals surface area contributed by atoms with Crippen molar-refractivity contribution in [2.75, 3.05) is 0 Å². The molecule has 7 atom stereocenters. The Morgan fingerprint density at radius 1 is 0.875 bits per heavy atom. The number of rotatable bonds is 5. The molecule has 0 amide bonds. The number of allylic oxidation sites excluding steroid dienone is 2. The quantitative estimate of drug-likeness (QED) is 0.392. The highest BCUT2D eigenvalue weighted by molar-refractivity contribution is 5.85. The van der Waals surface area contributed by atoms with Crippen molar-refractivity contribution in [1.82, 2.24) is 0 Å². The molecule has 0 spiro atoms. The van der Waals surface area contributed by atoms with Gasteiger partial charge in [-0.25, -0.2) is 0 Å². The Bertz CT molecular complexity index is 801. The highest BCUT2D eigenvalue weighted by atomic mass is 16.1. The van der Waals surface area contributed by atoms with Gasteiger partial charge in [0, 0.05) is 11.8 Å². The van der Waals surface area contributed by atoms with Crippen molar-refractivity contribution in [1.29, 1.82) is 0 Å². The van der Waals surface area contributed by atoms with Crippen LogP contribution in [0.3, 0.4) is 0 Å². The lowest BCUT2D eigenvalue weighted by molar-refractivity contribution is -0.180. The second-order valence-corrected chi connectivity index (χ2v) is 13.9. The van der Waals surface area contributed by atoms with Crippen molar-refractivity contribution in [2.45, 2.75) is 113 Å². The van der Waals surface area contributed by atoms with Crippen LogP contribution in [0.15, 0.2) is 24.3 Å². The van der Waals surface area contributed by atoms with Crippen molar-refractivity contribution in [3.63, 3.8) is 0 Å². The summed E-state index contributed by atoms with van der Waals surface area (Å²) in [6, 6.07) is 0. The van der Waals surface area contributed by atoms with Crippen LogP contribution in [0.25, 0.3) is 0 Å². The van der Waals surface area contributed by atoms with Gasteiger partial charge in [-0.15, -0.1) is 0 Å². The molecule has 0 aromatic carbocycles. The van der Waals surface area contributed by atoms with Crippen molar-refractivity contribution < 1.29 is 4.79 Å². The minimum atomic E-state index is -0.134. The summed E-state index contributed by atoms with van der Waals surface area (Å²) < 4.78 is 0. The van der Waals surface area contributed by atoms with E-state index in [0.29, 0.717) is 39.8 Å². The second-order valence-electron chi connectivity index (χ2n) is 13.9. The van der Waals surface area contributed by atoms with E-state index in [9.17, 15) is 4.79 Å². The Labute approximate surface area is 198 Å². The molecule has 0 radical (unpaired) electrons. The molecule has 4 aliphatic rings. The van der Waals surface area contributed by atoms with E-state index in [1.54, 1.807) is 0 Å². The standard InChI is InChI=1S/C31H50O/c1-20(2)21(3)10-11-22(4)23-14-18-31(9)25-12-13-26-28(5,6)27(32)16-17-29(26,7)24(25)15-19-30(23,31)8/h20,23-26H,3-4,10-19H2,1-2,5-9H3. The van der Waals surface area contributed by atoms with Crippen molar-refractivity contribution >= 4 is 5.78 Å². The summed E-state index contributed by atoms with van der Waals surface area (Å²) in [4.78, 5) is 12.8. The Hall–Kier alpha value is -0.850. The molecule has 32 heavy (non-hydrogen) atoms. The van der Waals surface area contributed by atoms with Crippen LogP contribution in [0.5, 0.6) is 0 Å². The molecule has 0 bridgehead atoms. The third-order valence-electron chi connectivity index (χ3n) is 12.3. The van der Waals surface area contributed by atoms with Gasteiger partial charge in [0.2, 0.25) is 0 Å². The van der Waals surface area contributed by atoms with Crippen LogP contribution in [0.2, 0.25) is 0 Å². The summed E-state index contributed by atoms with van der Waals surface area (Å²) in [5.41, 5.74) is 3.88. The monoisotopic (exact) mass is 438 g/mol. The van der Waals surface area contributed by atoms with Crippen LogP contribution >= 0.6 is 0 Å². The zero-order valence-corrected chi connectivity index (χ0v) is 22.3. The molecule has 0 saturated heterocycles. The molecule has 1 nitrogen and oxygen atoms in total.